The number of fused-ring (bicyclic) bond motifs is 1. The van der Waals surface area contributed by atoms with Crippen molar-refractivity contribution in [2.75, 3.05) is 13.6 Å². The second kappa shape index (κ2) is 4.72. The Morgan fingerprint density at radius 1 is 1.38 bits per heavy atom. The predicted octanol–water partition coefficient (Wildman–Crippen LogP) is 2.47. The molecule has 0 spiro atoms. The van der Waals surface area contributed by atoms with Gasteiger partial charge in [0.05, 0.1) is 10.7 Å². The molecule has 0 bridgehead atoms. The number of aryl methyl sites for hydroxylation is 1. The van der Waals surface area contributed by atoms with E-state index >= 15 is 0 Å². The average molecular weight is 198 g/mol. The molecule has 0 N–H and O–H groups in total. The van der Waals surface area contributed by atoms with Crippen LogP contribution in [0.3, 0.4) is 0 Å². The summed E-state index contributed by atoms with van der Waals surface area (Å²) >= 11 is 1.84. The van der Waals surface area contributed by atoms with Gasteiger partial charge in [0.25, 0.3) is 0 Å². The van der Waals surface area contributed by atoms with E-state index in [0.717, 1.165) is 19.5 Å². The van der Waals surface area contributed by atoms with E-state index in [9.17, 15) is 0 Å². The Balaban J connectivity index is 0.000000396. The summed E-state index contributed by atoms with van der Waals surface area (Å²) in [5.41, 5.74) is 1.34. The molecule has 0 atom stereocenters. The summed E-state index contributed by atoms with van der Waals surface area (Å²) in [5, 5.41) is 1.21. The summed E-state index contributed by atoms with van der Waals surface area (Å²) in [6, 6.07) is 0. The van der Waals surface area contributed by atoms with Crippen LogP contribution in [0.15, 0.2) is 0 Å². The smallest absolute Gasteiger partial charge is 0.0900 e. The van der Waals surface area contributed by atoms with E-state index in [-0.39, 0.29) is 0 Å². The molecule has 1 aromatic heterocycles. The summed E-state index contributed by atoms with van der Waals surface area (Å²) in [6.07, 6.45) is 1.14. The molecule has 0 unspecified atom stereocenters. The monoisotopic (exact) mass is 198 g/mol. The van der Waals surface area contributed by atoms with Crippen molar-refractivity contribution in [3.63, 3.8) is 0 Å². The maximum atomic E-state index is 4.48. The molecule has 13 heavy (non-hydrogen) atoms. The number of hydrogen-bond donors (Lipinski definition) is 0. The average Bonchev–Trinajstić information content (AvgIpc) is 2.48. The van der Waals surface area contributed by atoms with Crippen molar-refractivity contribution in [1.82, 2.24) is 9.88 Å². The van der Waals surface area contributed by atoms with Crippen molar-refractivity contribution in [2.24, 2.45) is 0 Å². The minimum absolute atomic E-state index is 1.10. The van der Waals surface area contributed by atoms with Gasteiger partial charge in [-0.1, -0.05) is 13.8 Å². The normalized spacial score (nSPS) is 16.0. The molecule has 0 aromatic carbocycles. The molecule has 0 aliphatic carbocycles. The first-order valence-corrected chi connectivity index (χ1v) is 5.71. The van der Waals surface area contributed by atoms with Crippen LogP contribution in [0.25, 0.3) is 0 Å². The van der Waals surface area contributed by atoms with Crippen LogP contribution in [0.5, 0.6) is 0 Å². The van der Waals surface area contributed by atoms with Crippen molar-refractivity contribution in [3.05, 3.63) is 15.6 Å². The number of aromatic nitrogens is 1. The fraction of sp³-hybridized carbons (Fsp3) is 0.700. The summed E-state index contributed by atoms with van der Waals surface area (Å²) in [7, 11) is 2.16. The lowest BCUT2D eigenvalue weighted by Crippen LogP contribution is -2.25. The van der Waals surface area contributed by atoms with Crippen molar-refractivity contribution in [1.29, 1.82) is 0 Å². The third-order valence-corrected chi connectivity index (χ3v) is 3.03. The Labute approximate surface area is 84.6 Å². The lowest BCUT2D eigenvalue weighted by Gasteiger charge is -2.20. The number of nitrogens with zero attached hydrogens (tertiary/aromatic N) is 2. The molecule has 0 amide bonds. The highest BCUT2D eigenvalue weighted by Crippen LogP contribution is 2.23. The van der Waals surface area contributed by atoms with Crippen LogP contribution in [0.2, 0.25) is 0 Å². The summed E-state index contributed by atoms with van der Waals surface area (Å²) in [5.74, 6) is 0. The first-order valence-electron chi connectivity index (χ1n) is 4.89. The standard InChI is InChI=1S/C8H12N2S.C2H6/c1-6-9-7-3-4-10(2)5-8(7)11-6;1-2/h3-5H2,1-2H3;1-2H3. The highest BCUT2D eigenvalue weighted by molar-refractivity contribution is 7.11. The fourth-order valence-electron chi connectivity index (χ4n) is 1.45. The molecule has 0 saturated carbocycles. The van der Waals surface area contributed by atoms with Gasteiger partial charge in [0.1, 0.15) is 0 Å². The van der Waals surface area contributed by atoms with Gasteiger partial charge in [0.15, 0.2) is 0 Å². The van der Waals surface area contributed by atoms with Crippen LogP contribution < -0.4 is 0 Å². The number of thiazole rings is 1. The van der Waals surface area contributed by atoms with E-state index < -0.39 is 0 Å². The fourth-order valence-corrected chi connectivity index (χ4v) is 2.52. The maximum Gasteiger partial charge on any atom is 0.0900 e. The zero-order valence-electron chi connectivity index (χ0n) is 8.92. The van der Waals surface area contributed by atoms with Crippen LogP contribution in [0, 0.1) is 6.92 Å². The van der Waals surface area contributed by atoms with E-state index in [4.69, 9.17) is 0 Å². The van der Waals surface area contributed by atoms with Gasteiger partial charge in [-0.3, -0.25) is 0 Å². The third-order valence-electron chi connectivity index (χ3n) is 2.03. The van der Waals surface area contributed by atoms with Gasteiger partial charge in [0.2, 0.25) is 0 Å². The Morgan fingerprint density at radius 3 is 2.77 bits per heavy atom. The molecule has 2 heterocycles. The van der Waals surface area contributed by atoms with E-state index in [1.165, 1.54) is 15.6 Å². The van der Waals surface area contributed by atoms with E-state index in [1.54, 1.807) is 0 Å². The van der Waals surface area contributed by atoms with Gasteiger partial charge in [0, 0.05) is 24.4 Å². The van der Waals surface area contributed by atoms with Crippen LogP contribution in [0.1, 0.15) is 29.4 Å². The molecular weight excluding hydrogens is 180 g/mol. The maximum absolute atomic E-state index is 4.48. The Kier molecular flexibility index (Phi) is 3.88. The lowest BCUT2D eigenvalue weighted by molar-refractivity contribution is 0.314. The number of hydrogen-bond acceptors (Lipinski definition) is 3. The number of likely N-dealkylation sites (N-methyl/N-ethyl adjacent to an activating group) is 1. The predicted molar refractivity (Wildman–Crippen MR) is 58.2 cm³/mol. The molecule has 0 radical (unpaired) electrons. The highest BCUT2D eigenvalue weighted by atomic mass is 32.1. The molecule has 0 fully saturated rings. The van der Waals surface area contributed by atoms with Crippen molar-refractivity contribution < 1.29 is 0 Å². The molecule has 2 nitrogen and oxygen atoms in total. The molecule has 1 aromatic rings. The molecule has 1 aliphatic rings. The quantitative estimate of drug-likeness (QED) is 0.636. The molecular formula is C10H18N2S. The molecule has 3 heteroatoms. The van der Waals surface area contributed by atoms with Crippen molar-refractivity contribution in [3.8, 4) is 0 Å². The first-order chi connectivity index (χ1) is 6.25. The molecule has 0 saturated heterocycles. The Bertz CT molecular complexity index is 268. The van der Waals surface area contributed by atoms with E-state index in [2.05, 4.69) is 23.9 Å². The van der Waals surface area contributed by atoms with Gasteiger partial charge < -0.3 is 4.90 Å². The largest absolute Gasteiger partial charge is 0.301 e. The van der Waals surface area contributed by atoms with Crippen LogP contribution in [0.4, 0.5) is 0 Å². The number of rotatable bonds is 0. The Morgan fingerprint density at radius 2 is 2.08 bits per heavy atom. The highest BCUT2D eigenvalue weighted by Gasteiger charge is 2.16. The second-order valence-electron chi connectivity index (χ2n) is 3.09. The van der Waals surface area contributed by atoms with Gasteiger partial charge >= 0.3 is 0 Å². The van der Waals surface area contributed by atoms with Crippen molar-refractivity contribution in [2.45, 2.75) is 33.7 Å². The minimum Gasteiger partial charge on any atom is -0.301 e. The zero-order valence-corrected chi connectivity index (χ0v) is 9.74. The van der Waals surface area contributed by atoms with Crippen molar-refractivity contribution >= 4 is 11.3 Å². The first kappa shape index (κ1) is 10.7. The topological polar surface area (TPSA) is 16.1 Å². The van der Waals surface area contributed by atoms with Gasteiger partial charge in [-0.05, 0) is 14.0 Å². The van der Waals surface area contributed by atoms with Crippen LogP contribution >= 0.6 is 11.3 Å². The summed E-state index contributed by atoms with van der Waals surface area (Å²) in [4.78, 5) is 8.29. The van der Waals surface area contributed by atoms with Gasteiger partial charge in [-0.2, -0.15) is 0 Å². The van der Waals surface area contributed by atoms with Crippen LogP contribution in [-0.2, 0) is 13.0 Å². The summed E-state index contributed by atoms with van der Waals surface area (Å²) < 4.78 is 0. The zero-order chi connectivity index (χ0) is 9.84. The molecule has 2 rings (SSSR count). The van der Waals surface area contributed by atoms with E-state index in [1.807, 2.05) is 25.2 Å². The molecule has 1 aliphatic heterocycles. The Hall–Kier alpha value is -0.410. The second-order valence-corrected chi connectivity index (χ2v) is 4.38. The van der Waals surface area contributed by atoms with E-state index in [0.29, 0.717) is 0 Å². The van der Waals surface area contributed by atoms with Gasteiger partial charge in [-0.25, -0.2) is 4.98 Å². The minimum atomic E-state index is 1.10. The third kappa shape index (κ3) is 2.51. The van der Waals surface area contributed by atoms with Crippen LogP contribution in [-0.4, -0.2) is 23.5 Å². The SMILES string of the molecule is CC.Cc1nc2c(s1)CN(C)CC2. The lowest BCUT2D eigenvalue weighted by atomic mass is 10.2. The summed E-state index contributed by atoms with van der Waals surface area (Å²) in [6.45, 7) is 8.35. The van der Waals surface area contributed by atoms with Gasteiger partial charge in [-0.15, -0.1) is 11.3 Å². The molecule has 74 valence electrons.